The van der Waals surface area contributed by atoms with Gasteiger partial charge in [-0.2, -0.15) is 5.10 Å². The number of rotatable bonds is 4. The molecule has 0 aromatic carbocycles. The maximum absolute atomic E-state index is 13.3. The number of hydrogen-bond donors (Lipinski definition) is 2. The van der Waals surface area contributed by atoms with E-state index in [9.17, 15) is 19.5 Å². The number of aliphatic hydroxyl groups is 1. The minimum atomic E-state index is -0.773. The molecule has 2 atom stereocenters. The third-order valence-electron chi connectivity index (χ3n) is 7.88. The summed E-state index contributed by atoms with van der Waals surface area (Å²) in [5.41, 5.74) is 2.90. The van der Waals surface area contributed by atoms with E-state index in [0.717, 1.165) is 23.1 Å². The Labute approximate surface area is 192 Å². The zero-order valence-electron chi connectivity index (χ0n) is 19.1. The number of nitrogens with zero attached hydrogens (tertiary/aromatic N) is 3. The molecule has 33 heavy (non-hydrogen) atoms. The van der Waals surface area contributed by atoms with Crippen LogP contribution in [0.2, 0.25) is 0 Å². The number of carbonyl (C=O) groups excluding carboxylic acids is 2. The molecule has 4 aliphatic rings. The highest BCUT2D eigenvalue weighted by Gasteiger charge is 2.49. The Bertz CT molecular complexity index is 1110. The number of ether oxygens (including phenoxy) is 1. The van der Waals surface area contributed by atoms with E-state index in [1.54, 1.807) is 18.1 Å². The first-order valence-electron chi connectivity index (χ1n) is 11.6. The van der Waals surface area contributed by atoms with E-state index < -0.39 is 17.4 Å². The average molecular weight is 455 g/mol. The second-order valence-corrected chi connectivity index (χ2v) is 9.83. The minimum Gasteiger partial charge on any atom is -0.496 e. The number of aromatic nitrogens is 2. The third-order valence-corrected chi connectivity index (χ3v) is 7.88. The molecule has 1 aromatic rings. The van der Waals surface area contributed by atoms with Gasteiger partial charge in [-0.1, -0.05) is 5.57 Å². The number of piperidine rings is 1. The van der Waals surface area contributed by atoms with Crippen molar-refractivity contribution >= 4 is 17.5 Å². The average Bonchev–Trinajstić information content (AvgIpc) is 3.36. The smallest absolute Gasteiger partial charge is 0.264 e. The summed E-state index contributed by atoms with van der Waals surface area (Å²) in [7, 11) is 0. The van der Waals surface area contributed by atoms with Crippen LogP contribution in [-0.4, -0.2) is 70.8 Å². The Morgan fingerprint density at radius 1 is 1.21 bits per heavy atom. The van der Waals surface area contributed by atoms with Gasteiger partial charge < -0.3 is 14.7 Å². The molecular weight excluding hydrogens is 424 g/mol. The first-order valence-corrected chi connectivity index (χ1v) is 11.6. The van der Waals surface area contributed by atoms with E-state index in [2.05, 4.69) is 15.1 Å². The van der Waals surface area contributed by atoms with Gasteiger partial charge in [-0.15, -0.1) is 0 Å². The fraction of sp³-hybridized carbons (Fsp3) is 0.583. The molecule has 0 saturated carbocycles. The molecule has 176 valence electrons. The zero-order chi connectivity index (χ0) is 23.3. The summed E-state index contributed by atoms with van der Waals surface area (Å²) in [6, 6.07) is 1.46. The fourth-order valence-corrected chi connectivity index (χ4v) is 5.92. The first kappa shape index (κ1) is 22.0. The molecule has 5 rings (SSSR count). The summed E-state index contributed by atoms with van der Waals surface area (Å²) < 4.78 is 5.38. The molecule has 1 spiro atoms. The number of fused-ring (bicyclic) bond motifs is 1. The molecule has 1 aromatic heterocycles. The van der Waals surface area contributed by atoms with Gasteiger partial charge in [0.05, 0.1) is 23.7 Å². The quantitative estimate of drug-likeness (QED) is 0.699. The van der Waals surface area contributed by atoms with E-state index in [-0.39, 0.29) is 17.2 Å². The number of amides is 1. The van der Waals surface area contributed by atoms with E-state index in [1.807, 2.05) is 6.92 Å². The van der Waals surface area contributed by atoms with Crippen LogP contribution in [0.15, 0.2) is 33.8 Å². The van der Waals surface area contributed by atoms with E-state index in [0.29, 0.717) is 63.4 Å². The van der Waals surface area contributed by atoms with Crippen LogP contribution in [0.25, 0.3) is 0 Å². The standard InChI is InChI=1S/C24H30N4O5/c1-14-9-20(31)25-26-22(14)28-8-5-24(23(28)32)3-6-27(7-4-24)11-19(30)21-15(2)17-13-33-12-16(17)10-18(21)29/h9,12,19,21,30H,3-8,10-11,13H2,1-2H3,(H,25,31)/t19-,21?/m0/s1. The largest absolute Gasteiger partial charge is 0.496 e. The lowest BCUT2D eigenvalue weighted by Crippen LogP contribution is -2.48. The van der Waals surface area contributed by atoms with Crippen molar-refractivity contribution < 1.29 is 19.4 Å². The highest BCUT2D eigenvalue weighted by molar-refractivity contribution is 5.99. The van der Waals surface area contributed by atoms with E-state index in [4.69, 9.17) is 4.74 Å². The predicted octanol–water partition coefficient (Wildman–Crippen LogP) is 1.08. The number of aliphatic hydroxyl groups excluding tert-OH is 1. The molecule has 1 amide bonds. The Morgan fingerprint density at radius 2 is 1.94 bits per heavy atom. The molecule has 9 nitrogen and oxygen atoms in total. The lowest BCUT2D eigenvalue weighted by molar-refractivity contribution is -0.128. The first-order chi connectivity index (χ1) is 15.8. The molecule has 1 unspecified atom stereocenters. The van der Waals surface area contributed by atoms with E-state index >= 15 is 0 Å². The molecular formula is C24H30N4O5. The van der Waals surface area contributed by atoms with Crippen molar-refractivity contribution in [1.29, 1.82) is 0 Å². The molecule has 4 heterocycles. The normalized spacial score (nSPS) is 26.0. The van der Waals surface area contributed by atoms with Crippen LogP contribution in [0, 0.1) is 18.3 Å². The highest BCUT2D eigenvalue weighted by atomic mass is 16.5. The van der Waals surface area contributed by atoms with Crippen molar-refractivity contribution in [1.82, 2.24) is 15.1 Å². The van der Waals surface area contributed by atoms with Crippen molar-refractivity contribution in [3.63, 3.8) is 0 Å². The molecule has 2 saturated heterocycles. The monoisotopic (exact) mass is 454 g/mol. The van der Waals surface area contributed by atoms with Gasteiger partial charge in [0.15, 0.2) is 5.82 Å². The van der Waals surface area contributed by atoms with Crippen LogP contribution in [-0.2, 0) is 14.3 Å². The molecule has 0 radical (unpaired) electrons. The number of Topliss-reactive ketones (excluding diaryl/α,β-unsaturated/α-hetero) is 1. The van der Waals surface area contributed by atoms with Crippen LogP contribution in [0.3, 0.4) is 0 Å². The topological polar surface area (TPSA) is 116 Å². The number of anilines is 1. The molecule has 2 fully saturated rings. The number of β-amino-alcohol motifs (C(OH)–C–C–N with tert-alkyl or cyclic N) is 1. The number of likely N-dealkylation sites (tertiary alicyclic amines) is 1. The predicted molar refractivity (Wildman–Crippen MR) is 121 cm³/mol. The van der Waals surface area contributed by atoms with Crippen LogP contribution in [0.4, 0.5) is 5.82 Å². The van der Waals surface area contributed by atoms with Crippen molar-refractivity contribution in [2.24, 2.45) is 11.3 Å². The summed E-state index contributed by atoms with van der Waals surface area (Å²) in [5, 5.41) is 17.5. The second kappa shape index (κ2) is 8.22. The van der Waals surface area contributed by atoms with Gasteiger partial charge in [0.25, 0.3) is 5.56 Å². The second-order valence-electron chi connectivity index (χ2n) is 9.83. The van der Waals surface area contributed by atoms with Crippen LogP contribution in [0.1, 0.15) is 38.2 Å². The Kier molecular flexibility index (Phi) is 5.49. The molecule has 3 aliphatic heterocycles. The van der Waals surface area contributed by atoms with Crippen LogP contribution < -0.4 is 10.5 Å². The number of aromatic amines is 1. The summed E-state index contributed by atoms with van der Waals surface area (Å²) >= 11 is 0. The molecule has 1 aliphatic carbocycles. The fourth-order valence-electron chi connectivity index (χ4n) is 5.92. The van der Waals surface area contributed by atoms with Crippen molar-refractivity contribution in [2.45, 2.75) is 45.6 Å². The van der Waals surface area contributed by atoms with Gasteiger partial charge in [0.2, 0.25) is 5.91 Å². The van der Waals surface area contributed by atoms with Crippen LogP contribution >= 0.6 is 0 Å². The van der Waals surface area contributed by atoms with Gasteiger partial charge >= 0.3 is 0 Å². The van der Waals surface area contributed by atoms with Gasteiger partial charge in [0, 0.05) is 31.1 Å². The zero-order valence-corrected chi connectivity index (χ0v) is 19.1. The maximum atomic E-state index is 13.3. The lowest BCUT2D eigenvalue weighted by Gasteiger charge is -2.39. The Balaban J connectivity index is 1.23. The summed E-state index contributed by atoms with van der Waals surface area (Å²) in [4.78, 5) is 41.4. The molecule has 9 heteroatoms. The van der Waals surface area contributed by atoms with Gasteiger partial charge in [-0.25, -0.2) is 5.10 Å². The highest BCUT2D eigenvalue weighted by Crippen LogP contribution is 2.43. The maximum Gasteiger partial charge on any atom is 0.264 e. The van der Waals surface area contributed by atoms with Crippen molar-refractivity contribution in [2.75, 3.05) is 37.7 Å². The Hall–Kier alpha value is -2.78. The molecule has 2 N–H and O–H groups in total. The summed E-state index contributed by atoms with van der Waals surface area (Å²) in [5.74, 6) is 0.138. The summed E-state index contributed by atoms with van der Waals surface area (Å²) in [6.07, 6.45) is 3.37. The van der Waals surface area contributed by atoms with Gasteiger partial charge in [-0.05, 0) is 57.3 Å². The van der Waals surface area contributed by atoms with Gasteiger partial charge in [-0.3, -0.25) is 19.3 Å². The number of aryl methyl sites for hydroxylation is 1. The van der Waals surface area contributed by atoms with Crippen molar-refractivity contribution in [3.8, 4) is 0 Å². The number of hydrogen-bond acceptors (Lipinski definition) is 7. The number of nitrogens with one attached hydrogen (secondary N) is 1. The van der Waals surface area contributed by atoms with Gasteiger partial charge in [0.1, 0.15) is 12.4 Å². The SMILES string of the molecule is CC1=C2COC=C2CC(=O)C1[C@@H](O)CN1CCC2(CC1)CCN(c1n[nH]c(=O)cc1C)C2=O. The van der Waals surface area contributed by atoms with E-state index in [1.165, 1.54) is 6.07 Å². The lowest BCUT2D eigenvalue weighted by atomic mass is 9.76. The minimum absolute atomic E-state index is 0.0411. The third kappa shape index (κ3) is 3.73. The van der Waals surface area contributed by atoms with Crippen LogP contribution in [0.5, 0.6) is 0 Å². The molecule has 0 bridgehead atoms. The number of carbonyl (C=O) groups is 2. The number of H-pyrrole nitrogens is 1. The summed E-state index contributed by atoms with van der Waals surface area (Å²) in [6.45, 7) is 6.58. The van der Waals surface area contributed by atoms with Crippen molar-refractivity contribution in [3.05, 3.63) is 45.0 Å². The number of ketones is 1. The Morgan fingerprint density at radius 3 is 2.67 bits per heavy atom.